The number of nitrogens with zero attached hydrogens (tertiary/aromatic N) is 3. The maximum atomic E-state index is 12.6. The van der Waals surface area contributed by atoms with Gasteiger partial charge in [-0.05, 0) is 41.0 Å². The van der Waals surface area contributed by atoms with Crippen LogP contribution < -0.4 is 14.8 Å². The van der Waals surface area contributed by atoms with Crippen molar-refractivity contribution < 1.29 is 14.3 Å². The molecule has 1 heterocycles. The lowest BCUT2D eigenvalue weighted by atomic mass is 9.97. The summed E-state index contributed by atoms with van der Waals surface area (Å²) in [4.78, 5) is 12.6. The van der Waals surface area contributed by atoms with E-state index in [1.54, 1.807) is 38.6 Å². The fraction of sp³-hybridized carbons (Fsp3) is 0.129. The molecule has 0 radical (unpaired) electrons. The molecule has 0 aliphatic carbocycles. The zero-order valence-corrected chi connectivity index (χ0v) is 21.1. The minimum atomic E-state index is -0.200. The Morgan fingerprint density at radius 1 is 0.921 bits per heavy atom. The van der Waals surface area contributed by atoms with E-state index in [0.29, 0.717) is 30.0 Å². The Balaban J connectivity index is 1.37. The van der Waals surface area contributed by atoms with Gasteiger partial charge >= 0.3 is 0 Å². The molecular weight excluding hydrogens is 476 g/mol. The third-order valence-corrected chi connectivity index (χ3v) is 6.48. The van der Waals surface area contributed by atoms with E-state index in [0.717, 1.165) is 38.9 Å². The molecule has 0 aliphatic heterocycles. The number of fused-ring (bicyclic) bond motifs is 1. The van der Waals surface area contributed by atoms with Gasteiger partial charge in [0.2, 0.25) is 0 Å². The second kappa shape index (κ2) is 10.9. The summed E-state index contributed by atoms with van der Waals surface area (Å²) in [5.74, 6) is 1.13. The molecule has 0 unspecified atom stereocenters. The smallest absolute Gasteiger partial charge is 0.255 e. The van der Waals surface area contributed by atoms with Crippen LogP contribution in [-0.4, -0.2) is 29.9 Å². The maximum absolute atomic E-state index is 12.6. The summed E-state index contributed by atoms with van der Waals surface area (Å²) in [6.07, 6.45) is 1.79. The van der Waals surface area contributed by atoms with Crippen LogP contribution in [0.3, 0.4) is 0 Å². The minimum Gasteiger partial charge on any atom is -0.497 e. The third kappa shape index (κ3) is 4.93. The molecule has 0 fully saturated rings. The van der Waals surface area contributed by atoms with Gasteiger partial charge in [0.15, 0.2) is 0 Å². The third-order valence-electron chi connectivity index (χ3n) is 6.48. The van der Waals surface area contributed by atoms with E-state index < -0.39 is 0 Å². The Labute approximate surface area is 220 Å². The first-order valence-corrected chi connectivity index (χ1v) is 12.1. The van der Waals surface area contributed by atoms with Crippen molar-refractivity contribution in [2.24, 2.45) is 0 Å². The monoisotopic (exact) mass is 502 g/mol. The van der Waals surface area contributed by atoms with Crippen LogP contribution in [0.2, 0.25) is 0 Å². The molecule has 0 saturated heterocycles. The highest BCUT2D eigenvalue weighted by Gasteiger charge is 2.15. The number of rotatable bonds is 8. The van der Waals surface area contributed by atoms with Crippen molar-refractivity contribution in [3.63, 3.8) is 0 Å². The van der Waals surface area contributed by atoms with E-state index in [1.165, 1.54) is 0 Å². The average Bonchev–Trinajstić information content (AvgIpc) is 3.38. The van der Waals surface area contributed by atoms with Crippen LogP contribution in [0.1, 0.15) is 27.0 Å². The van der Waals surface area contributed by atoms with Crippen molar-refractivity contribution in [1.82, 2.24) is 15.1 Å². The highest BCUT2D eigenvalue weighted by Crippen LogP contribution is 2.31. The summed E-state index contributed by atoms with van der Waals surface area (Å²) < 4.78 is 12.4. The predicted octanol–water partition coefficient (Wildman–Crippen LogP) is 5.57. The minimum absolute atomic E-state index is 0.200. The summed E-state index contributed by atoms with van der Waals surface area (Å²) in [6.45, 7) is 0.909. The van der Waals surface area contributed by atoms with E-state index in [4.69, 9.17) is 9.47 Å². The molecule has 1 amide bonds. The Morgan fingerprint density at radius 3 is 2.37 bits per heavy atom. The Kier molecular flexibility index (Phi) is 7.05. The number of methoxy groups -OCH3 is 2. The van der Waals surface area contributed by atoms with Crippen molar-refractivity contribution >= 4 is 16.8 Å². The molecule has 5 rings (SSSR count). The normalized spacial score (nSPS) is 10.7. The van der Waals surface area contributed by atoms with Gasteiger partial charge in [-0.2, -0.15) is 10.4 Å². The number of amides is 1. The van der Waals surface area contributed by atoms with Crippen LogP contribution in [0, 0.1) is 11.3 Å². The molecule has 188 valence electrons. The Bertz CT molecular complexity index is 1630. The lowest BCUT2D eigenvalue weighted by Crippen LogP contribution is -2.23. The zero-order chi connectivity index (χ0) is 26.5. The Hall–Kier alpha value is -5.09. The van der Waals surface area contributed by atoms with E-state index in [1.807, 2.05) is 71.4 Å². The summed E-state index contributed by atoms with van der Waals surface area (Å²) in [7, 11) is 3.19. The van der Waals surface area contributed by atoms with Crippen LogP contribution >= 0.6 is 0 Å². The summed E-state index contributed by atoms with van der Waals surface area (Å²) in [5.41, 5.74) is 5.62. The summed E-state index contributed by atoms with van der Waals surface area (Å²) in [6, 6.07) is 29.1. The molecule has 1 N–H and O–H groups in total. The molecule has 0 bridgehead atoms. The zero-order valence-electron chi connectivity index (χ0n) is 21.1. The molecule has 5 aromatic rings. The lowest BCUT2D eigenvalue weighted by Gasteiger charge is -2.11. The van der Waals surface area contributed by atoms with Crippen LogP contribution in [-0.2, 0) is 13.1 Å². The fourth-order valence-corrected chi connectivity index (χ4v) is 4.47. The molecule has 0 atom stereocenters. The molecule has 0 saturated carbocycles. The average molecular weight is 503 g/mol. The largest absolute Gasteiger partial charge is 0.497 e. The molecule has 0 spiro atoms. The number of carbonyl (C=O) groups excluding carboxylic acids is 1. The van der Waals surface area contributed by atoms with Crippen LogP contribution in [0.4, 0.5) is 0 Å². The molecule has 38 heavy (non-hydrogen) atoms. The summed E-state index contributed by atoms with van der Waals surface area (Å²) in [5, 5.41) is 18.5. The number of hydrogen-bond donors (Lipinski definition) is 1. The van der Waals surface area contributed by atoms with Gasteiger partial charge in [0.25, 0.3) is 5.91 Å². The topological polar surface area (TPSA) is 89.2 Å². The van der Waals surface area contributed by atoms with Gasteiger partial charge in [-0.25, -0.2) is 0 Å². The standard InChI is InChI=1S/C31H26N4O3/c1-37-25-14-9-22(10-15-25)20-35-30-24(19-34-35)13-16-26(28(30)17-32)23-11-7-21(8-12-23)18-33-31(36)27-5-3-4-6-29(27)38-2/h3-16,19H,18,20H2,1-2H3,(H,33,36). The van der Waals surface area contributed by atoms with Gasteiger partial charge < -0.3 is 14.8 Å². The molecule has 0 aliphatic rings. The lowest BCUT2D eigenvalue weighted by molar-refractivity contribution is 0.0948. The molecule has 7 nitrogen and oxygen atoms in total. The van der Waals surface area contributed by atoms with Gasteiger partial charge in [-0.3, -0.25) is 9.48 Å². The number of ether oxygens (including phenoxy) is 2. The van der Waals surface area contributed by atoms with Crippen molar-refractivity contribution in [3.8, 4) is 28.7 Å². The first kappa shape index (κ1) is 24.6. The number of hydrogen-bond acceptors (Lipinski definition) is 5. The van der Waals surface area contributed by atoms with Crippen molar-refractivity contribution in [2.75, 3.05) is 14.2 Å². The first-order chi connectivity index (χ1) is 18.6. The van der Waals surface area contributed by atoms with Gasteiger partial charge in [-0.15, -0.1) is 0 Å². The van der Waals surface area contributed by atoms with Gasteiger partial charge in [-0.1, -0.05) is 60.7 Å². The predicted molar refractivity (Wildman–Crippen MR) is 146 cm³/mol. The first-order valence-electron chi connectivity index (χ1n) is 12.1. The SMILES string of the molecule is COc1ccc(Cn2ncc3ccc(-c4ccc(CNC(=O)c5ccccc5OC)cc4)c(C#N)c32)cc1. The Morgan fingerprint density at radius 2 is 1.66 bits per heavy atom. The van der Waals surface area contributed by atoms with Gasteiger partial charge in [0.05, 0.1) is 43.6 Å². The number of para-hydroxylation sites is 1. The van der Waals surface area contributed by atoms with Crippen molar-refractivity contribution in [1.29, 1.82) is 5.26 Å². The highest BCUT2D eigenvalue weighted by molar-refractivity contribution is 5.97. The van der Waals surface area contributed by atoms with E-state index in [2.05, 4.69) is 16.5 Å². The number of nitrogens with one attached hydrogen (secondary N) is 1. The van der Waals surface area contributed by atoms with E-state index in [9.17, 15) is 10.1 Å². The van der Waals surface area contributed by atoms with Crippen LogP contribution in [0.15, 0.2) is 91.1 Å². The molecule has 4 aromatic carbocycles. The molecule has 1 aromatic heterocycles. The highest BCUT2D eigenvalue weighted by atomic mass is 16.5. The number of aromatic nitrogens is 2. The van der Waals surface area contributed by atoms with E-state index in [-0.39, 0.29) is 5.91 Å². The van der Waals surface area contributed by atoms with Gasteiger partial charge in [0.1, 0.15) is 17.6 Å². The number of carbonyl (C=O) groups is 1. The summed E-state index contributed by atoms with van der Waals surface area (Å²) >= 11 is 0. The molecular formula is C31H26N4O3. The van der Waals surface area contributed by atoms with Crippen molar-refractivity contribution in [3.05, 3.63) is 113 Å². The second-order valence-corrected chi connectivity index (χ2v) is 8.77. The number of benzene rings is 4. The number of nitriles is 1. The van der Waals surface area contributed by atoms with Crippen LogP contribution in [0.25, 0.3) is 22.0 Å². The van der Waals surface area contributed by atoms with E-state index >= 15 is 0 Å². The molecule has 7 heteroatoms. The fourth-order valence-electron chi connectivity index (χ4n) is 4.47. The maximum Gasteiger partial charge on any atom is 0.255 e. The second-order valence-electron chi connectivity index (χ2n) is 8.77. The van der Waals surface area contributed by atoms with Gasteiger partial charge in [0, 0.05) is 17.5 Å². The van der Waals surface area contributed by atoms with Crippen LogP contribution in [0.5, 0.6) is 11.5 Å². The quantitative estimate of drug-likeness (QED) is 0.300. The van der Waals surface area contributed by atoms with Crippen molar-refractivity contribution in [2.45, 2.75) is 13.1 Å².